The number of rotatable bonds is 3. The molecule has 1 unspecified atom stereocenters. The lowest BCUT2D eigenvalue weighted by molar-refractivity contribution is 0.0734. The van der Waals surface area contributed by atoms with Crippen molar-refractivity contribution in [1.29, 1.82) is 0 Å². The van der Waals surface area contributed by atoms with E-state index in [4.69, 9.17) is 4.74 Å². The first-order chi connectivity index (χ1) is 8.68. The van der Waals surface area contributed by atoms with Crippen molar-refractivity contribution in [3.05, 3.63) is 34.9 Å². The Morgan fingerprint density at radius 2 is 2.17 bits per heavy atom. The molecule has 0 aliphatic carbocycles. The second-order valence-corrected chi connectivity index (χ2v) is 4.70. The lowest BCUT2D eigenvalue weighted by Crippen LogP contribution is -2.48. The number of morpholine rings is 1. The predicted octanol–water partition coefficient (Wildman–Crippen LogP) is 1.02. The van der Waals surface area contributed by atoms with Gasteiger partial charge in [-0.05, 0) is 25.0 Å². The smallest absolute Gasteiger partial charge is 0.251 e. The highest BCUT2D eigenvalue weighted by molar-refractivity contribution is 5.97. The van der Waals surface area contributed by atoms with E-state index < -0.39 is 0 Å². The van der Waals surface area contributed by atoms with E-state index in [1.807, 2.05) is 32.0 Å². The summed E-state index contributed by atoms with van der Waals surface area (Å²) in [6.07, 6.45) is 0. The maximum Gasteiger partial charge on any atom is 0.251 e. The summed E-state index contributed by atoms with van der Waals surface area (Å²) in [5.74, 6) is -0.00188. The molecule has 1 amide bonds. The summed E-state index contributed by atoms with van der Waals surface area (Å²) in [5.41, 5.74) is 2.81. The van der Waals surface area contributed by atoms with E-state index in [9.17, 15) is 4.79 Å². The average molecular weight is 248 g/mol. The van der Waals surface area contributed by atoms with Crippen molar-refractivity contribution >= 4 is 5.91 Å². The van der Waals surface area contributed by atoms with Gasteiger partial charge in [0.25, 0.3) is 5.91 Å². The van der Waals surface area contributed by atoms with E-state index >= 15 is 0 Å². The summed E-state index contributed by atoms with van der Waals surface area (Å²) in [6.45, 7) is 6.79. The first-order valence-corrected chi connectivity index (χ1v) is 6.34. The van der Waals surface area contributed by atoms with Crippen LogP contribution < -0.4 is 10.6 Å². The second kappa shape index (κ2) is 5.98. The van der Waals surface area contributed by atoms with E-state index in [1.54, 1.807) is 0 Å². The van der Waals surface area contributed by atoms with Crippen LogP contribution in [0.2, 0.25) is 0 Å². The molecule has 1 aromatic rings. The van der Waals surface area contributed by atoms with Crippen LogP contribution in [-0.2, 0) is 4.74 Å². The maximum absolute atomic E-state index is 12.1. The highest BCUT2D eigenvalue weighted by Gasteiger charge is 2.16. The zero-order valence-electron chi connectivity index (χ0n) is 11.0. The number of carbonyl (C=O) groups is 1. The molecule has 1 heterocycles. The Kier molecular flexibility index (Phi) is 4.33. The van der Waals surface area contributed by atoms with Crippen LogP contribution in [0.5, 0.6) is 0 Å². The molecule has 2 rings (SSSR count). The molecular weight excluding hydrogens is 228 g/mol. The Hall–Kier alpha value is -1.39. The summed E-state index contributed by atoms with van der Waals surface area (Å²) >= 11 is 0. The molecule has 0 radical (unpaired) electrons. The van der Waals surface area contributed by atoms with Gasteiger partial charge in [-0.2, -0.15) is 0 Å². The third-order valence-electron chi connectivity index (χ3n) is 3.22. The van der Waals surface area contributed by atoms with Crippen LogP contribution >= 0.6 is 0 Å². The number of hydrogen-bond donors (Lipinski definition) is 2. The molecule has 1 aliphatic rings. The first-order valence-electron chi connectivity index (χ1n) is 6.34. The number of carbonyl (C=O) groups excluding carboxylic acids is 1. The molecule has 1 fully saturated rings. The van der Waals surface area contributed by atoms with E-state index in [1.165, 1.54) is 0 Å². The Morgan fingerprint density at radius 1 is 1.44 bits per heavy atom. The third kappa shape index (κ3) is 3.09. The lowest BCUT2D eigenvalue weighted by Gasteiger charge is -2.24. The zero-order chi connectivity index (χ0) is 13.0. The third-order valence-corrected chi connectivity index (χ3v) is 3.22. The van der Waals surface area contributed by atoms with E-state index in [-0.39, 0.29) is 11.9 Å². The van der Waals surface area contributed by atoms with E-state index in [0.29, 0.717) is 13.2 Å². The SMILES string of the molecule is Cc1cccc(C)c1C(=O)NCC1COCCN1. The summed E-state index contributed by atoms with van der Waals surface area (Å²) in [7, 11) is 0. The molecule has 2 N–H and O–H groups in total. The van der Waals surface area contributed by atoms with Crippen molar-refractivity contribution in [3.8, 4) is 0 Å². The van der Waals surface area contributed by atoms with Crippen molar-refractivity contribution in [1.82, 2.24) is 10.6 Å². The van der Waals surface area contributed by atoms with Gasteiger partial charge in [0.05, 0.1) is 13.2 Å². The molecule has 1 atom stereocenters. The molecule has 0 spiro atoms. The Morgan fingerprint density at radius 3 is 2.78 bits per heavy atom. The van der Waals surface area contributed by atoms with Crippen molar-refractivity contribution in [2.45, 2.75) is 19.9 Å². The molecule has 18 heavy (non-hydrogen) atoms. The van der Waals surface area contributed by atoms with Gasteiger partial charge >= 0.3 is 0 Å². The van der Waals surface area contributed by atoms with Crippen molar-refractivity contribution in [2.24, 2.45) is 0 Å². The van der Waals surface area contributed by atoms with Crippen LogP contribution in [0.1, 0.15) is 21.5 Å². The number of benzene rings is 1. The fraction of sp³-hybridized carbons (Fsp3) is 0.500. The van der Waals surface area contributed by atoms with Gasteiger partial charge in [-0.25, -0.2) is 0 Å². The van der Waals surface area contributed by atoms with Crippen LogP contribution in [0.15, 0.2) is 18.2 Å². The van der Waals surface area contributed by atoms with Crippen LogP contribution in [0.25, 0.3) is 0 Å². The molecule has 0 saturated carbocycles. The number of nitrogens with one attached hydrogen (secondary N) is 2. The largest absolute Gasteiger partial charge is 0.378 e. The van der Waals surface area contributed by atoms with Gasteiger partial charge in [0.1, 0.15) is 0 Å². The maximum atomic E-state index is 12.1. The molecule has 0 aromatic heterocycles. The summed E-state index contributed by atoms with van der Waals surface area (Å²) in [5, 5.41) is 6.28. The Labute approximate surface area is 108 Å². The number of ether oxygens (including phenoxy) is 1. The Bertz CT molecular complexity index is 406. The van der Waals surface area contributed by atoms with Crippen LogP contribution in [0.4, 0.5) is 0 Å². The predicted molar refractivity (Wildman–Crippen MR) is 70.9 cm³/mol. The quantitative estimate of drug-likeness (QED) is 0.839. The van der Waals surface area contributed by atoms with Gasteiger partial charge in [-0.1, -0.05) is 18.2 Å². The van der Waals surface area contributed by atoms with Gasteiger partial charge in [-0.15, -0.1) is 0 Å². The fourth-order valence-corrected chi connectivity index (χ4v) is 2.23. The first kappa shape index (κ1) is 13.1. The highest BCUT2D eigenvalue weighted by Crippen LogP contribution is 2.12. The molecule has 4 heteroatoms. The molecular formula is C14H20N2O2. The van der Waals surface area contributed by atoms with Crippen molar-refractivity contribution in [2.75, 3.05) is 26.3 Å². The van der Waals surface area contributed by atoms with Gasteiger partial charge in [0.2, 0.25) is 0 Å². The summed E-state index contributed by atoms with van der Waals surface area (Å²) in [6, 6.07) is 6.11. The molecule has 4 nitrogen and oxygen atoms in total. The van der Waals surface area contributed by atoms with Gasteiger partial charge in [-0.3, -0.25) is 4.79 Å². The summed E-state index contributed by atoms with van der Waals surface area (Å²) < 4.78 is 5.35. The Balaban J connectivity index is 1.95. The van der Waals surface area contributed by atoms with Gasteiger partial charge in [0, 0.05) is 24.7 Å². The molecule has 0 bridgehead atoms. The second-order valence-electron chi connectivity index (χ2n) is 4.70. The minimum atomic E-state index is -0.00188. The topological polar surface area (TPSA) is 50.4 Å². The normalized spacial score (nSPS) is 19.6. The lowest BCUT2D eigenvalue weighted by atomic mass is 10.0. The van der Waals surface area contributed by atoms with Crippen molar-refractivity contribution < 1.29 is 9.53 Å². The van der Waals surface area contributed by atoms with E-state index in [2.05, 4.69) is 10.6 Å². The minimum Gasteiger partial charge on any atom is -0.378 e. The highest BCUT2D eigenvalue weighted by atomic mass is 16.5. The zero-order valence-corrected chi connectivity index (χ0v) is 11.0. The van der Waals surface area contributed by atoms with Crippen molar-refractivity contribution in [3.63, 3.8) is 0 Å². The number of aryl methyl sites for hydroxylation is 2. The monoisotopic (exact) mass is 248 g/mol. The van der Waals surface area contributed by atoms with Crippen LogP contribution in [-0.4, -0.2) is 38.3 Å². The van der Waals surface area contributed by atoms with Gasteiger partial charge < -0.3 is 15.4 Å². The minimum absolute atomic E-state index is 0.00188. The van der Waals surface area contributed by atoms with Crippen LogP contribution in [0, 0.1) is 13.8 Å². The fourth-order valence-electron chi connectivity index (χ4n) is 2.23. The average Bonchev–Trinajstić information content (AvgIpc) is 2.37. The summed E-state index contributed by atoms with van der Waals surface area (Å²) in [4.78, 5) is 12.1. The molecule has 1 aliphatic heterocycles. The van der Waals surface area contributed by atoms with Gasteiger partial charge in [0.15, 0.2) is 0 Å². The number of hydrogen-bond acceptors (Lipinski definition) is 3. The van der Waals surface area contributed by atoms with Crippen LogP contribution in [0.3, 0.4) is 0 Å². The number of amides is 1. The molecule has 1 saturated heterocycles. The molecule has 1 aromatic carbocycles. The molecule has 98 valence electrons. The van der Waals surface area contributed by atoms with E-state index in [0.717, 1.165) is 29.8 Å². The standard InChI is InChI=1S/C14H20N2O2/c1-10-4-3-5-11(2)13(10)14(17)16-8-12-9-18-7-6-15-12/h3-5,12,15H,6-9H2,1-2H3,(H,16,17).